The van der Waals surface area contributed by atoms with Crippen molar-refractivity contribution in [2.75, 3.05) is 13.7 Å². The van der Waals surface area contributed by atoms with Gasteiger partial charge in [-0.1, -0.05) is 29.8 Å². The summed E-state index contributed by atoms with van der Waals surface area (Å²) in [6, 6.07) is 13.1. The summed E-state index contributed by atoms with van der Waals surface area (Å²) in [5, 5.41) is 8.10. The number of ether oxygens (including phenoxy) is 2. The van der Waals surface area contributed by atoms with Crippen LogP contribution in [0.25, 0.3) is 0 Å². The molecule has 0 spiro atoms. The summed E-state index contributed by atoms with van der Waals surface area (Å²) < 4.78 is 11.2. The maximum atomic E-state index is 5.99. The minimum atomic E-state index is 0.398. The lowest BCUT2D eigenvalue weighted by molar-refractivity contribution is 0.284. The summed E-state index contributed by atoms with van der Waals surface area (Å²) in [7, 11) is 1.59. The van der Waals surface area contributed by atoms with Crippen LogP contribution in [0.2, 0.25) is 5.02 Å². The highest BCUT2D eigenvalue weighted by Crippen LogP contribution is 2.28. The van der Waals surface area contributed by atoms with E-state index in [2.05, 4.69) is 22.4 Å². The number of hydrogen-bond acceptors (Lipinski definition) is 4. The van der Waals surface area contributed by atoms with Crippen LogP contribution in [0.1, 0.15) is 11.1 Å². The smallest absolute Gasteiger partial charge is 0.187 e. The second-order valence-corrected chi connectivity index (χ2v) is 6.04. The van der Waals surface area contributed by atoms with Gasteiger partial charge in [0.05, 0.1) is 13.3 Å². The van der Waals surface area contributed by atoms with Crippen LogP contribution in [-0.4, -0.2) is 25.0 Å². The molecule has 0 saturated heterocycles. The normalized spacial score (nSPS) is 10.4. The zero-order chi connectivity index (χ0) is 18.8. The monoisotopic (exact) mass is 389 g/mol. The van der Waals surface area contributed by atoms with Gasteiger partial charge in [-0.15, -0.1) is 6.58 Å². The van der Waals surface area contributed by atoms with E-state index < -0.39 is 0 Å². The van der Waals surface area contributed by atoms with Gasteiger partial charge in [0, 0.05) is 11.6 Å². The Kier molecular flexibility index (Phi) is 7.92. The van der Waals surface area contributed by atoms with Gasteiger partial charge in [-0.3, -0.25) is 5.43 Å². The summed E-state index contributed by atoms with van der Waals surface area (Å²) in [6.07, 6.45) is 3.36. The molecule has 0 radical (unpaired) electrons. The van der Waals surface area contributed by atoms with E-state index in [1.807, 2.05) is 42.5 Å². The Morgan fingerprint density at radius 2 is 2.12 bits per heavy atom. The van der Waals surface area contributed by atoms with Gasteiger partial charge in [0.1, 0.15) is 6.61 Å². The molecule has 0 aliphatic carbocycles. The minimum absolute atomic E-state index is 0.398. The van der Waals surface area contributed by atoms with Gasteiger partial charge in [0.15, 0.2) is 16.6 Å². The number of hydrazone groups is 1. The Hall–Kier alpha value is -2.57. The maximum absolute atomic E-state index is 5.99. The summed E-state index contributed by atoms with van der Waals surface area (Å²) in [6.45, 7) is 4.58. The lowest BCUT2D eigenvalue weighted by Gasteiger charge is -2.11. The molecule has 0 atom stereocenters. The molecule has 2 rings (SSSR count). The van der Waals surface area contributed by atoms with Crippen LogP contribution in [-0.2, 0) is 6.61 Å². The van der Waals surface area contributed by atoms with E-state index in [-0.39, 0.29) is 0 Å². The minimum Gasteiger partial charge on any atom is -0.493 e. The van der Waals surface area contributed by atoms with Crippen molar-refractivity contribution in [2.24, 2.45) is 5.10 Å². The Morgan fingerprint density at radius 1 is 1.27 bits per heavy atom. The number of nitrogens with zero attached hydrogens (tertiary/aromatic N) is 1. The summed E-state index contributed by atoms with van der Waals surface area (Å²) >= 11 is 11.0. The number of halogens is 1. The number of thiocarbonyl (C=S) groups is 1. The number of methoxy groups -OCH3 is 1. The molecule has 0 unspecified atom stereocenters. The standard InChI is InChI=1S/C19H20ClN3O2S/c1-3-9-21-19(26)23-22-12-14-7-8-17(18(11-14)24-2)25-13-15-5-4-6-16(20)10-15/h3-8,10-12H,1,9,13H2,2H3,(H2,21,23,26). The van der Waals surface area contributed by atoms with Crippen LogP contribution >= 0.6 is 23.8 Å². The van der Waals surface area contributed by atoms with Crippen molar-refractivity contribution in [1.29, 1.82) is 0 Å². The topological polar surface area (TPSA) is 54.9 Å². The van der Waals surface area contributed by atoms with E-state index in [0.29, 0.717) is 34.8 Å². The molecule has 2 aromatic carbocycles. The van der Waals surface area contributed by atoms with Crippen molar-refractivity contribution in [3.05, 3.63) is 71.3 Å². The number of rotatable bonds is 8. The third-order valence-electron chi connectivity index (χ3n) is 3.26. The number of hydrogen-bond donors (Lipinski definition) is 2. The Bertz CT molecular complexity index is 796. The second-order valence-electron chi connectivity index (χ2n) is 5.20. The van der Waals surface area contributed by atoms with Crippen molar-refractivity contribution in [3.8, 4) is 11.5 Å². The van der Waals surface area contributed by atoms with Gasteiger partial charge in [0.25, 0.3) is 0 Å². The summed E-state index contributed by atoms with van der Waals surface area (Å²) in [5.41, 5.74) is 4.55. The molecule has 7 heteroatoms. The van der Waals surface area contributed by atoms with Crippen molar-refractivity contribution in [2.45, 2.75) is 6.61 Å². The van der Waals surface area contributed by atoms with Crippen molar-refractivity contribution < 1.29 is 9.47 Å². The quantitative estimate of drug-likeness (QED) is 0.310. The molecule has 0 aliphatic heterocycles. The molecule has 0 amide bonds. The SMILES string of the molecule is C=CCNC(=S)NN=Cc1ccc(OCc2cccc(Cl)c2)c(OC)c1. The fraction of sp³-hybridized carbons (Fsp3) is 0.158. The molecule has 0 saturated carbocycles. The van der Waals surface area contributed by atoms with Crippen LogP contribution in [0, 0.1) is 0 Å². The van der Waals surface area contributed by atoms with Gasteiger partial charge in [-0.25, -0.2) is 0 Å². The Labute approximate surface area is 163 Å². The number of benzene rings is 2. The fourth-order valence-corrected chi connectivity index (χ4v) is 2.39. The van der Waals surface area contributed by atoms with Gasteiger partial charge in [0.2, 0.25) is 0 Å². The third-order valence-corrected chi connectivity index (χ3v) is 3.73. The molecule has 0 aromatic heterocycles. The fourth-order valence-electron chi connectivity index (χ4n) is 2.04. The van der Waals surface area contributed by atoms with Crippen LogP contribution in [0.3, 0.4) is 0 Å². The van der Waals surface area contributed by atoms with Crippen molar-refractivity contribution in [1.82, 2.24) is 10.7 Å². The Morgan fingerprint density at radius 3 is 2.85 bits per heavy atom. The van der Waals surface area contributed by atoms with E-state index >= 15 is 0 Å². The molecule has 26 heavy (non-hydrogen) atoms. The molecule has 0 fully saturated rings. The van der Waals surface area contributed by atoms with Crippen LogP contribution in [0.4, 0.5) is 0 Å². The highest BCUT2D eigenvalue weighted by atomic mass is 35.5. The van der Waals surface area contributed by atoms with Gasteiger partial charge in [-0.2, -0.15) is 5.10 Å². The predicted molar refractivity (Wildman–Crippen MR) is 110 cm³/mol. The van der Waals surface area contributed by atoms with Gasteiger partial charge >= 0.3 is 0 Å². The van der Waals surface area contributed by atoms with Crippen molar-refractivity contribution in [3.63, 3.8) is 0 Å². The molecule has 5 nitrogen and oxygen atoms in total. The zero-order valence-corrected chi connectivity index (χ0v) is 15.9. The van der Waals surface area contributed by atoms with Gasteiger partial charge < -0.3 is 14.8 Å². The molecule has 136 valence electrons. The second kappa shape index (κ2) is 10.4. The van der Waals surface area contributed by atoms with Crippen LogP contribution < -0.4 is 20.2 Å². The molecule has 2 N–H and O–H groups in total. The largest absolute Gasteiger partial charge is 0.493 e. The van der Waals surface area contributed by atoms with E-state index in [1.54, 1.807) is 19.4 Å². The van der Waals surface area contributed by atoms with Gasteiger partial charge in [-0.05, 0) is 53.7 Å². The first-order valence-corrected chi connectivity index (χ1v) is 8.64. The predicted octanol–water partition coefficient (Wildman–Crippen LogP) is 3.91. The van der Waals surface area contributed by atoms with Crippen LogP contribution in [0.15, 0.2) is 60.2 Å². The summed E-state index contributed by atoms with van der Waals surface area (Å²) in [5.74, 6) is 1.25. The number of nitrogens with one attached hydrogen (secondary N) is 2. The average Bonchev–Trinajstić information content (AvgIpc) is 2.65. The lowest BCUT2D eigenvalue weighted by atomic mass is 10.2. The van der Waals surface area contributed by atoms with Crippen LogP contribution in [0.5, 0.6) is 11.5 Å². The third kappa shape index (κ3) is 6.38. The molecular weight excluding hydrogens is 370 g/mol. The average molecular weight is 390 g/mol. The first-order valence-electron chi connectivity index (χ1n) is 7.85. The first kappa shape index (κ1) is 19.8. The van der Waals surface area contributed by atoms with E-state index in [9.17, 15) is 0 Å². The Balaban J connectivity index is 1.98. The molecular formula is C19H20ClN3O2S. The van der Waals surface area contributed by atoms with E-state index in [0.717, 1.165) is 11.1 Å². The van der Waals surface area contributed by atoms with Crippen molar-refractivity contribution >= 4 is 35.1 Å². The molecule has 0 aliphatic rings. The highest BCUT2D eigenvalue weighted by molar-refractivity contribution is 7.80. The molecule has 2 aromatic rings. The molecule has 0 heterocycles. The zero-order valence-electron chi connectivity index (χ0n) is 14.4. The maximum Gasteiger partial charge on any atom is 0.187 e. The summed E-state index contributed by atoms with van der Waals surface area (Å²) in [4.78, 5) is 0. The van der Waals surface area contributed by atoms with E-state index in [1.165, 1.54) is 0 Å². The molecule has 0 bridgehead atoms. The first-order chi connectivity index (χ1) is 12.6. The van der Waals surface area contributed by atoms with E-state index in [4.69, 9.17) is 33.3 Å². The highest BCUT2D eigenvalue weighted by Gasteiger charge is 2.06. The lowest BCUT2D eigenvalue weighted by Crippen LogP contribution is -2.31.